The Morgan fingerprint density at radius 2 is 1.43 bits per heavy atom. The molecule has 2 heterocycles. The number of benzene rings is 4. The lowest BCUT2D eigenvalue weighted by Crippen LogP contribution is -2.42. The van der Waals surface area contributed by atoms with Gasteiger partial charge >= 0.3 is 7.12 Å². The predicted molar refractivity (Wildman–Crippen MR) is 170 cm³/mol. The van der Waals surface area contributed by atoms with Crippen LogP contribution in [0.15, 0.2) is 108 Å². The van der Waals surface area contributed by atoms with Crippen LogP contribution in [0, 0.1) is 5.41 Å². The quantitative estimate of drug-likeness (QED) is 0.197. The van der Waals surface area contributed by atoms with Crippen molar-refractivity contribution in [1.29, 1.82) is 0 Å². The Morgan fingerprint density at radius 3 is 2.24 bits per heavy atom. The fraction of sp³-hybridized carbons (Fsp3) is 0.263. The van der Waals surface area contributed by atoms with E-state index in [2.05, 4.69) is 138 Å². The highest BCUT2D eigenvalue weighted by Gasteiger charge is 2.64. The van der Waals surface area contributed by atoms with Gasteiger partial charge in [0.15, 0.2) is 0 Å². The third kappa shape index (κ3) is 2.72. The van der Waals surface area contributed by atoms with Crippen molar-refractivity contribution in [2.24, 2.45) is 5.41 Å². The second kappa shape index (κ2) is 7.75. The SMILES string of the molecule is CC1(C)OB(c2ccc3oc4c5c(ccc4c3c2)C2(c3ccccc3-5)c3ccccc3C3C=CC=CC32C)OC1(C)C. The van der Waals surface area contributed by atoms with E-state index in [1.54, 1.807) is 0 Å². The van der Waals surface area contributed by atoms with E-state index in [0.717, 1.165) is 27.4 Å². The molecule has 0 N–H and O–H groups in total. The number of hydrogen-bond donors (Lipinski definition) is 0. The summed E-state index contributed by atoms with van der Waals surface area (Å²) in [5, 5.41) is 2.22. The Labute approximate surface area is 247 Å². The van der Waals surface area contributed by atoms with Crippen LogP contribution in [0.5, 0.6) is 0 Å². The van der Waals surface area contributed by atoms with E-state index < -0.39 is 18.3 Å². The van der Waals surface area contributed by atoms with Crippen LogP contribution in [-0.4, -0.2) is 18.3 Å². The van der Waals surface area contributed by atoms with Crippen molar-refractivity contribution >= 4 is 34.5 Å². The summed E-state index contributed by atoms with van der Waals surface area (Å²) in [5.74, 6) is 0.298. The Bertz CT molecular complexity index is 2030. The highest BCUT2D eigenvalue weighted by Crippen LogP contribution is 2.71. The Balaban J connectivity index is 1.32. The highest BCUT2D eigenvalue weighted by molar-refractivity contribution is 6.62. The molecule has 1 fully saturated rings. The van der Waals surface area contributed by atoms with Crippen LogP contribution >= 0.6 is 0 Å². The minimum atomic E-state index is -0.416. The molecule has 3 aliphatic carbocycles. The Hall–Kier alpha value is -3.86. The van der Waals surface area contributed by atoms with Gasteiger partial charge < -0.3 is 13.7 Å². The standard InChI is InChI=1S/C38H33BO3/c1-35(2)36(3,4)42-39(41-35)23-17-20-32-27(22-23)24-18-19-31-33(34(24)40-32)26-13-7-9-16-30(26)38(31)29-15-8-6-12-25(29)28-14-10-11-21-37(28,38)5/h6-22,28H,1-5H3. The van der Waals surface area contributed by atoms with E-state index in [1.165, 1.54) is 33.4 Å². The van der Waals surface area contributed by atoms with Crippen molar-refractivity contribution in [3.63, 3.8) is 0 Å². The van der Waals surface area contributed by atoms with Crippen LogP contribution in [0.25, 0.3) is 33.1 Å². The van der Waals surface area contributed by atoms with Crippen molar-refractivity contribution in [2.75, 3.05) is 0 Å². The number of fused-ring (bicyclic) bond motifs is 14. The van der Waals surface area contributed by atoms with Crippen LogP contribution < -0.4 is 5.46 Å². The van der Waals surface area contributed by atoms with Gasteiger partial charge in [0.25, 0.3) is 0 Å². The maximum atomic E-state index is 6.80. The van der Waals surface area contributed by atoms with Gasteiger partial charge in [0.2, 0.25) is 0 Å². The summed E-state index contributed by atoms with van der Waals surface area (Å²) >= 11 is 0. The lowest BCUT2D eigenvalue weighted by molar-refractivity contribution is 0.00578. The van der Waals surface area contributed by atoms with Crippen LogP contribution in [0.3, 0.4) is 0 Å². The molecule has 5 aromatic rings. The van der Waals surface area contributed by atoms with Crippen molar-refractivity contribution in [3.05, 3.63) is 125 Å². The molecule has 4 aromatic carbocycles. The minimum Gasteiger partial charge on any atom is -0.455 e. The first kappa shape index (κ1) is 24.7. The van der Waals surface area contributed by atoms with E-state index >= 15 is 0 Å². The molecule has 9 rings (SSSR count). The first-order chi connectivity index (χ1) is 20.2. The van der Waals surface area contributed by atoms with Gasteiger partial charge in [0, 0.05) is 27.7 Å². The van der Waals surface area contributed by atoms with Gasteiger partial charge in [-0.3, -0.25) is 0 Å². The van der Waals surface area contributed by atoms with E-state index in [4.69, 9.17) is 13.7 Å². The van der Waals surface area contributed by atoms with Crippen LogP contribution in [-0.2, 0) is 14.7 Å². The minimum absolute atomic E-state index is 0.156. The molecule has 4 heteroatoms. The molecule has 206 valence electrons. The lowest BCUT2D eigenvalue weighted by atomic mass is 9.56. The molecule has 4 aliphatic rings. The zero-order valence-corrected chi connectivity index (χ0v) is 24.7. The van der Waals surface area contributed by atoms with Gasteiger partial charge in [-0.25, -0.2) is 0 Å². The van der Waals surface area contributed by atoms with Crippen molar-refractivity contribution in [3.8, 4) is 11.1 Å². The first-order valence-corrected chi connectivity index (χ1v) is 15.1. The average molecular weight is 548 g/mol. The maximum Gasteiger partial charge on any atom is 0.494 e. The van der Waals surface area contributed by atoms with E-state index in [1.807, 2.05) is 0 Å². The van der Waals surface area contributed by atoms with Gasteiger partial charge in [-0.2, -0.15) is 0 Å². The number of furan rings is 1. The van der Waals surface area contributed by atoms with Gasteiger partial charge in [-0.1, -0.05) is 104 Å². The third-order valence-electron chi connectivity index (χ3n) is 11.2. The highest BCUT2D eigenvalue weighted by atomic mass is 16.7. The van der Waals surface area contributed by atoms with E-state index in [0.29, 0.717) is 5.92 Å². The van der Waals surface area contributed by atoms with Crippen molar-refractivity contribution in [2.45, 2.75) is 57.2 Å². The molecule has 3 nitrogen and oxygen atoms in total. The molecule has 3 unspecified atom stereocenters. The summed E-state index contributed by atoms with van der Waals surface area (Å²) in [6.45, 7) is 10.8. The number of hydrogen-bond acceptors (Lipinski definition) is 3. The van der Waals surface area contributed by atoms with Crippen LogP contribution in [0.2, 0.25) is 0 Å². The normalized spacial score (nSPS) is 27.5. The third-order valence-corrected chi connectivity index (χ3v) is 11.2. The first-order valence-electron chi connectivity index (χ1n) is 15.1. The number of allylic oxidation sites excluding steroid dienone is 4. The van der Waals surface area contributed by atoms with E-state index in [-0.39, 0.29) is 10.8 Å². The van der Waals surface area contributed by atoms with Gasteiger partial charge in [0.1, 0.15) is 11.2 Å². The van der Waals surface area contributed by atoms with Crippen LogP contribution in [0.4, 0.5) is 0 Å². The molecule has 1 aliphatic heterocycles. The topological polar surface area (TPSA) is 31.6 Å². The van der Waals surface area contributed by atoms with Crippen molar-refractivity contribution in [1.82, 2.24) is 0 Å². The molecular formula is C38H33BO3. The molecule has 1 saturated heterocycles. The fourth-order valence-electron chi connectivity index (χ4n) is 8.53. The molecule has 0 bridgehead atoms. The average Bonchev–Trinajstić information content (AvgIpc) is 3.63. The van der Waals surface area contributed by atoms with Crippen LogP contribution in [0.1, 0.15) is 62.8 Å². The summed E-state index contributed by atoms with van der Waals surface area (Å²) in [6.07, 6.45) is 9.29. The molecule has 1 spiro atoms. The summed E-state index contributed by atoms with van der Waals surface area (Å²) < 4.78 is 19.6. The Morgan fingerprint density at radius 1 is 0.690 bits per heavy atom. The summed E-state index contributed by atoms with van der Waals surface area (Å²) in [6, 6.07) is 29.1. The zero-order valence-electron chi connectivity index (χ0n) is 24.7. The van der Waals surface area contributed by atoms with Gasteiger partial charge in [0.05, 0.1) is 16.6 Å². The molecular weight excluding hydrogens is 515 g/mol. The summed E-state index contributed by atoms with van der Waals surface area (Å²) in [5.41, 5.74) is 9.60. The van der Waals surface area contributed by atoms with Gasteiger partial charge in [-0.15, -0.1) is 0 Å². The summed E-state index contributed by atoms with van der Waals surface area (Å²) in [4.78, 5) is 0. The number of rotatable bonds is 1. The van der Waals surface area contributed by atoms with E-state index in [9.17, 15) is 0 Å². The molecule has 3 atom stereocenters. The predicted octanol–water partition coefficient (Wildman–Crippen LogP) is 8.43. The summed E-state index contributed by atoms with van der Waals surface area (Å²) in [7, 11) is -0.416. The second-order valence-electron chi connectivity index (χ2n) is 13.7. The molecule has 0 saturated carbocycles. The van der Waals surface area contributed by atoms with Crippen molar-refractivity contribution < 1.29 is 13.7 Å². The monoisotopic (exact) mass is 548 g/mol. The molecule has 0 amide bonds. The largest absolute Gasteiger partial charge is 0.494 e. The van der Waals surface area contributed by atoms with Gasteiger partial charge in [-0.05, 0) is 67.0 Å². The maximum absolute atomic E-state index is 6.80. The lowest BCUT2D eigenvalue weighted by Gasteiger charge is -2.45. The Kier molecular flexibility index (Phi) is 4.56. The second-order valence-corrected chi connectivity index (χ2v) is 13.7. The molecule has 42 heavy (non-hydrogen) atoms. The zero-order chi connectivity index (χ0) is 28.6. The smallest absolute Gasteiger partial charge is 0.455 e. The molecule has 1 aromatic heterocycles. The fourth-order valence-corrected chi connectivity index (χ4v) is 8.53. The molecule has 0 radical (unpaired) electrons.